The molecule has 5 heteroatoms. The summed E-state index contributed by atoms with van der Waals surface area (Å²) in [5.74, 6) is -0.354. The molecule has 5 nitrogen and oxygen atoms in total. The number of esters is 1. The maximum Gasteiger partial charge on any atom is 0.322 e. The molecule has 0 radical (unpaired) electrons. The van der Waals surface area contributed by atoms with Gasteiger partial charge < -0.3 is 15.6 Å². The van der Waals surface area contributed by atoms with Crippen LogP contribution < -0.4 is 5.73 Å². The van der Waals surface area contributed by atoms with Crippen LogP contribution in [0.3, 0.4) is 0 Å². The SMILES string of the molecule is COC(=O)C(N)Cc1ccc(O)c(-c2ccc(C#N)cc2)c1. The summed E-state index contributed by atoms with van der Waals surface area (Å²) in [7, 11) is 1.29. The highest BCUT2D eigenvalue weighted by Gasteiger charge is 2.15. The van der Waals surface area contributed by atoms with E-state index in [1.54, 1.807) is 42.5 Å². The maximum atomic E-state index is 11.4. The van der Waals surface area contributed by atoms with Crippen LogP contribution in [0.5, 0.6) is 5.75 Å². The minimum Gasteiger partial charge on any atom is -0.507 e. The lowest BCUT2D eigenvalue weighted by Gasteiger charge is -2.12. The number of benzene rings is 2. The molecule has 2 aromatic carbocycles. The number of ether oxygens (including phenoxy) is 1. The zero-order valence-electron chi connectivity index (χ0n) is 12.1. The molecule has 2 aromatic rings. The van der Waals surface area contributed by atoms with Crippen LogP contribution in [0.1, 0.15) is 11.1 Å². The topological polar surface area (TPSA) is 96.3 Å². The molecule has 0 aromatic heterocycles. The molecule has 1 unspecified atom stereocenters. The first-order valence-electron chi connectivity index (χ1n) is 6.71. The minimum atomic E-state index is -0.747. The average molecular weight is 296 g/mol. The third-order valence-electron chi connectivity index (χ3n) is 3.35. The van der Waals surface area contributed by atoms with Crippen LogP contribution in [0, 0.1) is 11.3 Å². The van der Waals surface area contributed by atoms with Gasteiger partial charge in [-0.3, -0.25) is 4.79 Å². The number of nitrogens with two attached hydrogens (primary N) is 1. The Morgan fingerprint density at radius 2 is 2.00 bits per heavy atom. The van der Waals surface area contributed by atoms with Crippen molar-refractivity contribution in [2.75, 3.05) is 7.11 Å². The number of nitrogens with zero attached hydrogens (tertiary/aromatic N) is 1. The van der Waals surface area contributed by atoms with Gasteiger partial charge in [0, 0.05) is 5.56 Å². The van der Waals surface area contributed by atoms with Crippen LogP contribution in [0.2, 0.25) is 0 Å². The maximum absolute atomic E-state index is 11.4. The molecule has 112 valence electrons. The molecule has 0 amide bonds. The molecule has 0 aliphatic rings. The van der Waals surface area contributed by atoms with E-state index in [-0.39, 0.29) is 5.75 Å². The third kappa shape index (κ3) is 3.43. The van der Waals surface area contributed by atoms with E-state index in [0.29, 0.717) is 17.5 Å². The van der Waals surface area contributed by atoms with Gasteiger partial charge in [-0.1, -0.05) is 18.2 Å². The summed E-state index contributed by atoms with van der Waals surface area (Å²) in [4.78, 5) is 11.4. The van der Waals surface area contributed by atoms with Crippen LogP contribution in [-0.4, -0.2) is 24.2 Å². The van der Waals surface area contributed by atoms with Gasteiger partial charge in [0.05, 0.1) is 18.7 Å². The molecule has 3 N–H and O–H groups in total. The lowest BCUT2D eigenvalue weighted by molar-refractivity contribution is -0.142. The monoisotopic (exact) mass is 296 g/mol. The van der Waals surface area contributed by atoms with E-state index in [4.69, 9.17) is 11.0 Å². The Morgan fingerprint density at radius 1 is 1.32 bits per heavy atom. The molecule has 2 rings (SSSR count). The Hall–Kier alpha value is -2.84. The Balaban J connectivity index is 2.30. The first-order valence-corrected chi connectivity index (χ1v) is 6.71. The molecule has 0 heterocycles. The van der Waals surface area contributed by atoms with Crippen molar-refractivity contribution in [2.24, 2.45) is 5.73 Å². The number of phenolic OH excluding ortho intramolecular Hbond substituents is 1. The Labute approximate surface area is 128 Å². The minimum absolute atomic E-state index is 0.125. The Kier molecular flexibility index (Phi) is 4.77. The summed E-state index contributed by atoms with van der Waals surface area (Å²) in [5.41, 5.74) is 8.52. The molecule has 0 saturated carbocycles. The van der Waals surface area contributed by atoms with Gasteiger partial charge in [-0.25, -0.2) is 0 Å². The molecule has 0 bridgehead atoms. The van der Waals surface area contributed by atoms with Gasteiger partial charge in [0.25, 0.3) is 0 Å². The number of aromatic hydroxyl groups is 1. The number of methoxy groups -OCH3 is 1. The van der Waals surface area contributed by atoms with Crippen molar-refractivity contribution in [1.29, 1.82) is 5.26 Å². The first-order chi connectivity index (χ1) is 10.5. The molecule has 0 saturated heterocycles. The summed E-state index contributed by atoms with van der Waals surface area (Å²) >= 11 is 0. The number of rotatable bonds is 4. The molecule has 0 aliphatic carbocycles. The lowest BCUT2D eigenvalue weighted by atomic mass is 9.98. The van der Waals surface area contributed by atoms with Gasteiger partial charge in [0.2, 0.25) is 0 Å². The lowest BCUT2D eigenvalue weighted by Crippen LogP contribution is -2.33. The second kappa shape index (κ2) is 6.74. The second-order valence-electron chi connectivity index (χ2n) is 4.87. The van der Waals surface area contributed by atoms with E-state index in [9.17, 15) is 9.90 Å². The predicted molar refractivity (Wildman–Crippen MR) is 82.0 cm³/mol. The van der Waals surface area contributed by atoms with Crippen molar-refractivity contribution < 1.29 is 14.6 Å². The zero-order valence-corrected chi connectivity index (χ0v) is 12.1. The highest BCUT2D eigenvalue weighted by molar-refractivity contribution is 5.76. The van der Waals surface area contributed by atoms with Crippen molar-refractivity contribution >= 4 is 5.97 Å². The van der Waals surface area contributed by atoms with Crippen molar-refractivity contribution in [3.05, 3.63) is 53.6 Å². The van der Waals surface area contributed by atoms with Gasteiger partial charge >= 0.3 is 5.97 Å². The molecular formula is C17H16N2O3. The second-order valence-corrected chi connectivity index (χ2v) is 4.87. The standard InChI is InChI=1S/C17H16N2O3/c1-22-17(21)15(19)9-12-4-7-16(20)14(8-12)13-5-2-11(10-18)3-6-13/h2-8,15,20H,9,19H2,1H3. The Morgan fingerprint density at radius 3 is 2.59 bits per heavy atom. The summed E-state index contributed by atoms with van der Waals surface area (Å²) in [6.45, 7) is 0. The van der Waals surface area contributed by atoms with Crippen molar-refractivity contribution in [3.63, 3.8) is 0 Å². The predicted octanol–water partition coefficient (Wildman–Crippen LogP) is 1.97. The number of carbonyl (C=O) groups is 1. The van der Waals surface area contributed by atoms with E-state index in [2.05, 4.69) is 4.74 Å². The number of phenols is 1. The van der Waals surface area contributed by atoms with Crippen LogP contribution in [0.25, 0.3) is 11.1 Å². The first kappa shape index (κ1) is 15.5. The van der Waals surface area contributed by atoms with E-state index < -0.39 is 12.0 Å². The highest BCUT2D eigenvalue weighted by Crippen LogP contribution is 2.30. The fraction of sp³-hybridized carbons (Fsp3) is 0.176. The number of hydrogen-bond donors (Lipinski definition) is 2. The van der Waals surface area contributed by atoms with Crippen LogP contribution >= 0.6 is 0 Å². The van der Waals surface area contributed by atoms with Crippen LogP contribution in [0.15, 0.2) is 42.5 Å². The third-order valence-corrected chi connectivity index (χ3v) is 3.35. The smallest absolute Gasteiger partial charge is 0.322 e. The van der Waals surface area contributed by atoms with Gasteiger partial charge in [-0.05, 0) is 41.8 Å². The van der Waals surface area contributed by atoms with E-state index >= 15 is 0 Å². The molecule has 1 atom stereocenters. The van der Waals surface area contributed by atoms with Crippen LogP contribution in [0.4, 0.5) is 0 Å². The fourth-order valence-electron chi connectivity index (χ4n) is 2.15. The Bertz CT molecular complexity index is 718. The summed E-state index contributed by atoms with van der Waals surface area (Å²) in [6, 6.07) is 13.2. The number of carbonyl (C=O) groups excluding carboxylic acids is 1. The molecule has 0 aliphatic heterocycles. The van der Waals surface area contributed by atoms with Gasteiger partial charge in [-0.2, -0.15) is 5.26 Å². The summed E-state index contributed by atoms with van der Waals surface area (Å²) in [5, 5.41) is 18.8. The molecule has 0 fully saturated rings. The number of nitriles is 1. The van der Waals surface area contributed by atoms with Gasteiger partial charge in [0.1, 0.15) is 11.8 Å². The van der Waals surface area contributed by atoms with E-state index in [1.165, 1.54) is 7.11 Å². The molecular weight excluding hydrogens is 280 g/mol. The largest absolute Gasteiger partial charge is 0.507 e. The highest BCUT2D eigenvalue weighted by atomic mass is 16.5. The summed E-state index contributed by atoms with van der Waals surface area (Å²) in [6.07, 6.45) is 0.316. The van der Waals surface area contributed by atoms with Crippen LogP contribution in [-0.2, 0) is 16.0 Å². The zero-order chi connectivity index (χ0) is 16.1. The molecule has 0 spiro atoms. The average Bonchev–Trinajstić information content (AvgIpc) is 2.55. The van der Waals surface area contributed by atoms with E-state index in [0.717, 1.165) is 11.1 Å². The normalized spacial score (nSPS) is 11.5. The fourth-order valence-corrected chi connectivity index (χ4v) is 2.15. The van der Waals surface area contributed by atoms with Gasteiger partial charge in [-0.15, -0.1) is 0 Å². The van der Waals surface area contributed by atoms with Crippen molar-refractivity contribution in [2.45, 2.75) is 12.5 Å². The van der Waals surface area contributed by atoms with Gasteiger partial charge in [0.15, 0.2) is 0 Å². The quantitative estimate of drug-likeness (QED) is 0.841. The molecule has 22 heavy (non-hydrogen) atoms. The van der Waals surface area contributed by atoms with E-state index in [1.807, 2.05) is 6.07 Å². The van der Waals surface area contributed by atoms with Crippen molar-refractivity contribution in [3.8, 4) is 22.9 Å². The summed E-state index contributed by atoms with van der Waals surface area (Å²) < 4.78 is 4.60. The number of hydrogen-bond acceptors (Lipinski definition) is 5. The van der Waals surface area contributed by atoms with Crippen molar-refractivity contribution in [1.82, 2.24) is 0 Å².